The quantitative estimate of drug-likeness (QED) is 0.791. The average Bonchev–Trinajstić information content (AvgIpc) is 2.50. The number of amides is 1. The van der Waals surface area contributed by atoms with E-state index in [1.807, 2.05) is 26.8 Å². The Kier molecular flexibility index (Phi) is 4.60. The van der Waals surface area contributed by atoms with Crippen LogP contribution < -0.4 is 0 Å². The smallest absolute Gasteiger partial charge is 0.233 e. The first-order valence-corrected chi connectivity index (χ1v) is 7.89. The molecule has 0 spiro atoms. The number of hydrogen-bond donors (Lipinski definition) is 0. The first-order valence-electron chi connectivity index (χ1n) is 6.53. The van der Waals surface area contributed by atoms with Gasteiger partial charge in [0.25, 0.3) is 0 Å². The van der Waals surface area contributed by atoms with Crippen molar-refractivity contribution in [2.45, 2.75) is 32.7 Å². The Balaban J connectivity index is 2.52. The molecule has 1 amide bonds. The molecule has 0 fully saturated rings. The summed E-state index contributed by atoms with van der Waals surface area (Å²) in [7, 11) is 0. The fourth-order valence-corrected chi connectivity index (χ4v) is 3.22. The van der Waals surface area contributed by atoms with Crippen LogP contribution in [0.1, 0.15) is 26.3 Å². The van der Waals surface area contributed by atoms with Crippen molar-refractivity contribution in [3.05, 3.63) is 28.8 Å². The summed E-state index contributed by atoms with van der Waals surface area (Å²) in [6.45, 7) is 5.86. The van der Waals surface area contributed by atoms with Crippen molar-refractivity contribution < 1.29 is 4.79 Å². The van der Waals surface area contributed by atoms with Gasteiger partial charge in [0.05, 0.1) is 23.9 Å². The summed E-state index contributed by atoms with van der Waals surface area (Å²) in [5.74, 6) is 0.217. The molecule has 1 aromatic carbocycles. The molecule has 0 saturated carbocycles. The van der Waals surface area contributed by atoms with Crippen molar-refractivity contribution in [3.63, 3.8) is 0 Å². The lowest BCUT2D eigenvalue weighted by atomic mass is 10.0. The second-order valence-corrected chi connectivity index (χ2v) is 7.07. The minimum Gasteiger partial charge on any atom is -0.286 e. The minimum absolute atomic E-state index is 0.0345. The molecule has 0 saturated heterocycles. The molecule has 0 bridgehead atoms. The van der Waals surface area contributed by atoms with Gasteiger partial charge in [0.1, 0.15) is 0 Å². The highest BCUT2D eigenvalue weighted by Crippen LogP contribution is 2.32. The van der Waals surface area contributed by atoms with Crippen molar-refractivity contribution in [3.8, 4) is 6.07 Å². The van der Waals surface area contributed by atoms with Crippen LogP contribution in [0.25, 0.3) is 0 Å². The maximum atomic E-state index is 12.6. The summed E-state index contributed by atoms with van der Waals surface area (Å²) < 4.78 is 0. The Morgan fingerprint density at radius 2 is 2.19 bits per heavy atom. The number of amidine groups is 1. The molecule has 1 aliphatic heterocycles. The van der Waals surface area contributed by atoms with E-state index < -0.39 is 5.54 Å². The van der Waals surface area contributed by atoms with Crippen molar-refractivity contribution >= 4 is 40.1 Å². The van der Waals surface area contributed by atoms with Gasteiger partial charge in [0.15, 0.2) is 5.17 Å². The maximum Gasteiger partial charge on any atom is 0.233 e. The summed E-state index contributed by atoms with van der Waals surface area (Å²) in [5.41, 5.74) is 1.15. The lowest BCUT2D eigenvalue weighted by molar-refractivity contribution is -0.129. The van der Waals surface area contributed by atoms with Crippen LogP contribution in [0.3, 0.4) is 0 Å². The van der Waals surface area contributed by atoms with Gasteiger partial charge in [0, 0.05) is 10.6 Å². The molecule has 0 atom stereocenters. The average molecular weight is 322 g/mol. The molecule has 6 heteroatoms. The summed E-state index contributed by atoms with van der Waals surface area (Å²) in [5, 5.41) is 9.96. The predicted molar refractivity (Wildman–Crippen MR) is 86.9 cm³/mol. The Morgan fingerprint density at radius 1 is 1.48 bits per heavy atom. The number of nitriles is 1. The van der Waals surface area contributed by atoms with Gasteiger partial charge in [-0.05, 0) is 44.5 Å². The first-order chi connectivity index (χ1) is 9.82. The van der Waals surface area contributed by atoms with Crippen LogP contribution in [0, 0.1) is 11.3 Å². The zero-order valence-electron chi connectivity index (χ0n) is 12.2. The number of fused-ring (bicyclic) bond motifs is 1. The number of carbonyl (C=O) groups excluding carboxylic acids is 1. The van der Waals surface area contributed by atoms with Crippen LogP contribution in [0.2, 0.25) is 5.02 Å². The van der Waals surface area contributed by atoms with Gasteiger partial charge in [-0.15, -0.1) is 0 Å². The molecule has 0 radical (unpaired) electrons. The van der Waals surface area contributed by atoms with E-state index in [9.17, 15) is 4.79 Å². The van der Waals surface area contributed by atoms with E-state index >= 15 is 0 Å². The van der Waals surface area contributed by atoms with E-state index in [0.717, 1.165) is 11.3 Å². The summed E-state index contributed by atoms with van der Waals surface area (Å²) >= 11 is 7.28. The highest BCUT2D eigenvalue weighted by atomic mass is 35.5. The zero-order valence-corrected chi connectivity index (χ0v) is 13.8. The van der Waals surface area contributed by atoms with Crippen LogP contribution in [-0.4, -0.2) is 27.3 Å². The van der Waals surface area contributed by atoms with E-state index in [1.54, 1.807) is 17.0 Å². The van der Waals surface area contributed by atoms with Crippen molar-refractivity contribution in [1.29, 1.82) is 5.26 Å². The van der Waals surface area contributed by atoms with Crippen LogP contribution in [0.5, 0.6) is 0 Å². The number of halogens is 1. The van der Waals surface area contributed by atoms with E-state index in [4.69, 9.17) is 16.9 Å². The molecule has 0 unspecified atom stereocenters. The molecule has 2 rings (SSSR count). The Hall–Kier alpha value is -1.51. The molecule has 4 nitrogen and oxygen atoms in total. The fraction of sp³-hybridized carbons (Fsp3) is 0.400. The SMILES string of the molecule is CC(C)(C)N1C(=O)Cc2cc(Cl)ccc2N=C1SCC#N. The summed E-state index contributed by atoms with van der Waals surface area (Å²) in [6.07, 6.45) is 0.257. The van der Waals surface area contributed by atoms with Crippen LogP contribution in [0.4, 0.5) is 5.69 Å². The zero-order chi connectivity index (χ0) is 15.6. The molecule has 0 aliphatic carbocycles. The van der Waals surface area contributed by atoms with Crippen LogP contribution in [-0.2, 0) is 11.2 Å². The molecule has 0 N–H and O–H groups in total. The minimum atomic E-state index is -0.399. The standard InChI is InChI=1S/C15H16ClN3OS/c1-15(2,3)19-13(20)9-10-8-11(16)4-5-12(10)18-14(19)21-7-6-17/h4-5,8H,7,9H2,1-3H3. The second kappa shape index (κ2) is 6.08. The number of benzene rings is 1. The topological polar surface area (TPSA) is 56.5 Å². The third-order valence-electron chi connectivity index (χ3n) is 2.98. The van der Waals surface area contributed by atoms with Gasteiger partial charge in [-0.25, -0.2) is 4.99 Å². The van der Waals surface area contributed by atoms with Gasteiger partial charge < -0.3 is 0 Å². The number of nitrogens with zero attached hydrogens (tertiary/aromatic N) is 3. The molecule has 110 valence electrons. The molecule has 1 heterocycles. The monoisotopic (exact) mass is 321 g/mol. The van der Waals surface area contributed by atoms with E-state index in [1.165, 1.54) is 11.8 Å². The number of rotatable bonds is 1. The lowest BCUT2D eigenvalue weighted by Crippen LogP contribution is -2.48. The summed E-state index contributed by atoms with van der Waals surface area (Å²) in [4.78, 5) is 18.9. The molecule has 1 aromatic rings. The largest absolute Gasteiger partial charge is 0.286 e. The van der Waals surface area contributed by atoms with Crippen LogP contribution in [0.15, 0.2) is 23.2 Å². The molecule has 1 aliphatic rings. The van der Waals surface area contributed by atoms with Crippen LogP contribution >= 0.6 is 23.4 Å². The Morgan fingerprint density at radius 3 is 2.81 bits per heavy atom. The highest BCUT2D eigenvalue weighted by molar-refractivity contribution is 8.14. The van der Waals surface area contributed by atoms with Gasteiger partial charge in [-0.1, -0.05) is 23.4 Å². The molecule has 0 aromatic heterocycles. The van der Waals surface area contributed by atoms with E-state index in [2.05, 4.69) is 11.1 Å². The number of thioether (sulfide) groups is 1. The molecule has 21 heavy (non-hydrogen) atoms. The molecular weight excluding hydrogens is 306 g/mol. The normalized spacial score (nSPS) is 15.1. The highest BCUT2D eigenvalue weighted by Gasteiger charge is 2.33. The van der Waals surface area contributed by atoms with Crippen molar-refractivity contribution in [2.75, 3.05) is 5.75 Å². The van der Waals surface area contributed by atoms with Crippen molar-refractivity contribution in [1.82, 2.24) is 4.90 Å². The third kappa shape index (κ3) is 3.58. The van der Waals surface area contributed by atoms with E-state index in [0.29, 0.717) is 10.2 Å². The van der Waals surface area contributed by atoms with Gasteiger partial charge in [-0.2, -0.15) is 5.26 Å². The van der Waals surface area contributed by atoms with Gasteiger partial charge in [0.2, 0.25) is 5.91 Å². The Bertz CT molecular complexity index is 643. The third-order valence-corrected chi connectivity index (χ3v) is 4.02. The number of carbonyl (C=O) groups is 1. The maximum absolute atomic E-state index is 12.6. The molecular formula is C15H16ClN3OS. The van der Waals surface area contributed by atoms with Gasteiger partial charge >= 0.3 is 0 Å². The van der Waals surface area contributed by atoms with Crippen molar-refractivity contribution in [2.24, 2.45) is 4.99 Å². The second-order valence-electron chi connectivity index (χ2n) is 5.69. The van der Waals surface area contributed by atoms with Gasteiger partial charge in [-0.3, -0.25) is 9.69 Å². The predicted octanol–water partition coefficient (Wildman–Crippen LogP) is 3.77. The lowest BCUT2D eigenvalue weighted by Gasteiger charge is -2.34. The fourth-order valence-electron chi connectivity index (χ4n) is 2.16. The van der Waals surface area contributed by atoms with E-state index in [-0.39, 0.29) is 18.1 Å². The summed E-state index contributed by atoms with van der Waals surface area (Å²) in [6, 6.07) is 7.42. The first kappa shape index (κ1) is 15.9. The number of aliphatic imine (C=N–C) groups is 1. The Labute approximate surface area is 133 Å². The number of hydrogen-bond acceptors (Lipinski definition) is 4.